The Morgan fingerprint density at radius 1 is 1.00 bits per heavy atom. The van der Waals surface area contributed by atoms with Gasteiger partial charge in [-0.3, -0.25) is 9.78 Å². The number of fused-ring (bicyclic) bond motifs is 1. The van der Waals surface area contributed by atoms with Crippen LogP contribution >= 0.6 is 0 Å². The molecule has 0 saturated heterocycles. The average molecular weight is 392 g/mol. The second-order valence-corrected chi connectivity index (χ2v) is 7.54. The van der Waals surface area contributed by atoms with Gasteiger partial charge in [0.15, 0.2) is 0 Å². The molecule has 0 atom stereocenters. The highest BCUT2D eigenvalue weighted by atomic mass is 16.1. The molecule has 0 aliphatic heterocycles. The summed E-state index contributed by atoms with van der Waals surface area (Å²) in [5.74, 6) is 0.405. The highest BCUT2D eigenvalue weighted by molar-refractivity contribution is 6.01. The Hall–Kier alpha value is -3.86. The van der Waals surface area contributed by atoms with Crippen LogP contribution in [-0.2, 0) is 4.79 Å². The van der Waals surface area contributed by atoms with Gasteiger partial charge >= 0.3 is 0 Å². The summed E-state index contributed by atoms with van der Waals surface area (Å²) in [4.78, 5) is 24.9. The van der Waals surface area contributed by atoms with Gasteiger partial charge in [0.25, 0.3) is 0 Å². The van der Waals surface area contributed by atoms with Crippen molar-refractivity contribution in [3.05, 3.63) is 85.6 Å². The smallest absolute Gasteiger partial charge is 0.247 e. The standard InChI is InChI=1S/C25H20N4O/c1-2-24(30)29-22-5-3-4-17(10-22)23-11-18(8-21-14-27-15-28-25(21)23)20-9-19(12-26-13-20)16-6-7-16/h2-5,8-16H,1,6-7H2,(H,29,30). The molecule has 1 saturated carbocycles. The van der Waals surface area contributed by atoms with Gasteiger partial charge in [-0.2, -0.15) is 0 Å². The summed E-state index contributed by atoms with van der Waals surface area (Å²) in [5.41, 5.74) is 6.98. The molecule has 1 N–H and O–H groups in total. The molecular weight excluding hydrogens is 372 g/mol. The summed E-state index contributed by atoms with van der Waals surface area (Å²) < 4.78 is 0. The SMILES string of the molecule is C=CC(=O)Nc1cccc(-c2cc(-c3cncc(C4CC4)c3)cc3cncnc23)c1. The topological polar surface area (TPSA) is 67.8 Å². The second-order valence-electron chi connectivity index (χ2n) is 7.54. The Kier molecular flexibility index (Phi) is 4.56. The van der Waals surface area contributed by atoms with Gasteiger partial charge in [-0.25, -0.2) is 9.97 Å². The van der Waals surface area contributed by atoms with Crippen LogP contribution < -0.4 is 5.32 Å². The van der Waals surface area contributed by atoms with E-state index in [4.69, 9.17) is 0 Å². The number of rotatable bonds is 5. The maximum Gasteiger partial charge on any atom is 0.247 e. The monoisotopic (exact) mass is 392 g/mol. The van der Waals surface area contributed by atoms with Crippen LogP contribution in [0.25, 0.3) is 33.2 Å². The third-order valence-electron chi connectivity index (χ3n) is 5.37. The number of carbonyl (C=O) groups is 1. The summed E-state index contributed by atoms with van der Waals surface area (Å²) in [6, 6.07) is 14.2. The second kappa shape index (κ2) is 7.52. The Balaban J connectivity index is 1.65. The van der Waals surface area contributed by atoms with Crippen molar-refractivity contribution in [3.63, 3.8) is 0 Å². The normalized spacial score (nSPS) is 13.2. The zero-order valence-corrected chi connectivity index (χ0v) is 16.4. The number of amides is 1. The molecule has 0 unspecified atom stereocenters. The zero-order chi connectivity index (χ0) is 20.5. The maximum absolute atomic E-state index is 11.7. The number of nitrogens with zero attached hydrogens (tertiary/aromatic N) is 3. The Labute approximate surface area is 174 Å². The van der Waals surface area contributed by atoms with Crippen molar-refractivity contribution in [1.82, 2.24) is 15.0 Å². The first kappa shape index (κ1) is 18.2. The molecule has 0 spiro atoms. The number of hydrogen-bond donors (Lipinski definition) is 1. The lowest BCUT2D eigenvalue weighted by Crippen LogP contribution is -2.07. The molecule has 4 aromatic rings. The van der Waals surface area contributed by atoms with Crippen LogP contribution in [0.3, 0.4) is 0 Å². The highest BCUT2D eigenvalue weighted by Crippen LogP contribution is 2.41. The van der Waals surface area contributed by atoms with Crippen molar-refractivity contribution in [3.8, 4) is 22.3 Å². The minimum Gasteiger partial charge on any atom is -0.323 e. The maximum atomic E-state index is 11.7. The van der Waals surface area contributed by atoms with Crippen molar-refractivity contribution in [2.45, 2.75) is 18.8 Å². The number of aromatic nitrogens is 3. The molecule has 5 nitrogen and oxygen atoms in total. The molecule has 30 heavy (non-hydrogen) atoms. The van der Waals surface area contributed by atoms with Gasteiger partial charge in [-0.1, -0.05) is 18.7 Å². The molecule has 1 amide bonds. The molecule has 1 aliphatic carbocycles. The van der Waals surface area contributed by atoms with Gasteiger partial charge in [-0.05, 0) is 71.9 Å². The van der Waals surface area contributed by atoms with Crippen LogP contribution in [0.2, 0.25) is 0 Å². The van der Waals surface area contributed by atoms with Crippen LogP contribution in [0.4, 0.5) is 5.69 Å². The molecule has 2 aromatic carbocycles. The lowest BCUT2D eigenvalue weighted by atomic mass is 9.95. The number of pyridine rings is 1. The van der Waals surface area contributed by atoms with Gasteiger partial charge in [0, 0.05) is 40.8 Å². The fourth-order valence-corrected chi connectivity index (χ4v) is 3.70. The third kappa shape index (κ3) is 3.57. The first-order chi connectivity index (χ1) is 14.7. The molecule has 5 heteroatoms. The fourth-order valence-electron chi connectivity index (χ4n) is 3.70. The third-order valence-corrected chi connectivity index (χ3v) is 5.37. The van der Waals surface area contributed by atoms with E-state index in [1.54, 1.807) is 6.33 Å². The van der Waals surface area contributed by atoms with Gasteiger partial charge in [0.05, 0.1) is 5.52 Å². The quantitative estimate of drug-likeness (QED) is 0.464. The predicted octanol–water partition coefficient (Wildman–Crippen LogP) is 5.36. The highest BCUT2D eigenvalue weighted by Gasteiger charge is 2.24. The number of nitrogens with one attached hydrogen (secondary N) is 1. The van der Waals surface area contributed by atoms with Gasteiger partial charge < -0.3 is 5.32 Å². The van der Waals surface area contributed by atoms with E-state index >= 15 is 0 Å². The summed E-state index contributed by atoms with van der Waals surface area (Å²) in [6.45, 7) is 3.51. The van der Waals surface area contributed by atoms with E-state index in [0.717, 1.165) is 33.2 Å². The lowest BCUT2D eigenvalue weighted by Gasteiger charge is -2.12. The van der Waals surface area contributed by atoms with Crippen molar-refractivity contribution >= 4 is 22.5 Å². The van der Waals surface area contributed by atoms with E-state index in [0.29, 0.717) is 11.6 Å². The van der Waals surface area contributed by atoms with Gasteiger partial charge in [0.2, 0.25) is 5.91 Å². The summed E-state index contributed by atoms with van der Waals surface area (Å²) >= 11 is 0. The summed E-state index contributed by atoms with van der Waals surface area (Å²) in [6.07, 6.45) is 11.0. The average Bonchev–Trinajstić information content (AvgIpc) is 3.64. The molecule has 5 rings (SSSR count). The molecular formula is C25H20N4O. The van der Waals surface area contributed by atoms with Crippen molar-refractivity contribution < 1.29 is 4.79 Å². The predicted molar refractivity (Wildman–Crippen MR) is 119 cm³/mol. The number of hydrogen-bond acceptors (Lipinski definition) is 4. The van der Waals surface area contributed by atoms with E-state index in [1.807, 2.05) is 42.9 Å². The summed E-state index contributed by atoms with van der Waals surface area (Å²) in [7, 11) is 0. The molecule has 2 aromatic heterocycles. The lowest BCUT2D eigenvalue weighted by molar-refractivity contribution is -0.111. The van der Waals surface area contributed by atoms with Crippen LogP contribution in [-0.4, -0.2) is 20.9 Å². The van der Waals surface area contributed by atoms with Gasteiger partial charge in [0.1, 0.15) is 6.33 Å². The molecule has 1 aliphatic rings. The Morgan fingerprint density at radius 3 is 2.73 bits per heavy atom. The van der Waals surface area contributed by atoms with Crippen molar-refractivity contribution in [1.29, 1.82) is 0 Å². The van der Waals surface area contributed by atoms with E-state index in [1.165, 1.54) is 24.5 Å². The minimum absolute atomic E-state index is 0.240. The van der Waals surface area contributed by atoms with Gasteiger partial charge in [-0.15, -0.1) is 0 Å². The molecule has 2 heterocycles. The van der Waals surface area contributed by atoms with Crippen LogP contribution in [0.1, 0.15) is 24.3 Å². The van der Waals surface area contributed by atoms with E-state index < -0.39 is 0 Å². The fraction of sp³-hybridized carbons (Fsp3) is 0.120. The van der Waals surface area contributed by atoms with Crippen LogP contribution in [0.5, 0.6) is 0 Å². The van der Waals surface area contributed by atoms with Crippen LogP contribution in [0.15, 0.2) is 80.0 Å². The number of carbonyl (C=O) groups excluding carboxylic acids is 1. The summed E-state index contributed by atoms with van der Waals surface area (Å²) in [5, 5.41) is 3.78. The minimum atomic E-state index is -0.240. The molecule has 146 valence electrons. The molecule has 0 bridgehead atoms. The molecule has 0 radical (unpaired) electrons. The zero-order valence-electron chi connectivity index (χ0n) is 16.4. The molecule has 1 fully saturated rings. The van der Waals surface area contributed by atoms with E-state index in [2.05, 4.69) is 45.0 Å². The first-order valence-corrected chi connectivity index (χ1v) is 9.94. The Bertz CT molecular complexity index is 1280. The van der Waals surface area contributed by atoms with Crippen LogP contribution in [0, 0.1) is 0 Å². The van der Waals surface area contributed by atoms with Crippen molar-refractivity contribution in [2.24, 2.45) is 0 Å². The van der Waals surface area contributed by atoms with Crippen molar-refractivity contribution in [2.75, 3.05) is 5.32 Å². The first-order valence-electron chi connectivity index (χ1n) is 9.94. The number of anilines is 1. The van der Waals surface area contributed by atoms with E-state index in [9.17, 15) is 4.79 Å². The largest absolute Gasteiger partial charge is 0.323 e. The Morgan fingerprint density at radius 2 is 1.90 bits per heavy atom. The van der Waals surface area contributed by atoms with E-state index in [-0.39, 0.29) is 5.91 Å². The number of benzene rings is 2.